The van der Waals surface area contributed by atoms with E-state index in [9.17, 15) is 20.0 Å². The van der Waals surface area contributed by atoms with E-state index in [1.165, 1.54) is 0 Å². The molecule has 5 heterocycles. The first-order valence-corrected chi connectivity index (χ1v) is 16.3. The largest absolute Gasteiger partial charge is 0.482 e. The van der Waals surface area contributed by atoms with E-state index in [0.717, 1.165) is 11.1 Å². The molecule has 0 radical (unpaired) electrons. The second-order valence-corrected chi connectivity index (χ2v) is 13.9. The van der Waals surface area contributed by atoms with E-state index < -0.39 is 52.7 Å². The fraction of sp³-hybridized carbons (Fsp3) is 0.368. The predicted octanol–water partition coefficient (Wildman–Crippen LogP) is 4.77. The van der Waals surface area contributed by atoms with Gasteiger partial charge in [0.1, 0.15) is 23.2 Å². The molecular weight excluding hydrogens is 626 g/mol. The van der Waals surface area contributed by atoms with Crippen molar-refractivity contribution in [3.8, 4) is 23.1 Å². The Balaban J connectivity index is 1.17. The van der Waals surface area contributed by atoms with Gasteiger partial charge in [-0.2, -0.15) is 5.26 Å². The van der Waals surface area contributed by atoms with Gasteiger partial charge < -0.3 is 33.8 Å². The monoisotopic (exact) mass is 661 g/mol. The van der Waals surface area contributed by atoms with Crippen molar-refractivity contribution in [1.82, 2.24) is 10.3 Å². The van der Waals surface area contributed by atoms with E-state index in [1.807, 2.05) is 45.0 Å². The number of ether oxygens (including phenoxy) is 4. The number of carbonyl (C=O) groups is 1. The van der Waals surface area contributed by atoms with Crippen LogP contribution in [0.15, 0.2) is 88.3 Å². The molecule has 0 amide bonds. The Labute approximate surface area is 282 Å². The molecule has 2 aromatic heterocycles. The lowest BCUT2D eigenvalue weighted by atomic mass is 9.46. The molecule has 4 aliphatic rings. The third kappa shape index (κ3) is 4.82. The van der Waals surface area contributed by atoms with Gasteiger partial charge in [0.25, 0.3) is 0 Å². The maximum Gasteiger partial charge on any atom is 0.345 e. The molecule has 1 saturated carbocycles. The number of aryl methyl sites for hydroxylation is 1. The summed E-state index contributed by atoms with van der Waals surface area (Å²) in [4.78, 5) is 31.4. The predicted molar refractivity (Wildman–Crippen MR) is 174 cm³/mol. The number of hydrogen-bond donors (Lipinski definition) is 2. The van der Waals surface area contributed by atoms with Gasteiger partial charge in [0.05, 0.1) is 48.0 Å². The van der Waals surface area contributed by atoms with E-state index in [-0.39, 0.29) is 28.6 Å². The topological polar surface area (TPSA) is 153 Å². The van der Waals surface area contributed by atoms with E-state index in [2.05, 4.69) is 16.4 Å². The zero-order chi connectivity index (χ0) is 34.1. The van der Waals surface area contributed by atoms with Crippen molar-refractivity contribution in [3.63, 3.8) is 0 Å². The van der Waals surface area contributed by atoms with Crippen LogP contribution in [0.25, 0.3) is 11.3 Å². The molecule has 8 rings (SSSR count). The van der Waals surface area contributed by atoms with Crippen LogP contribution in [0.4, 0.5) is 0 Å². The number of esters is 1. The summed E-state index contributed by atoms with van der Waals surface area (Å²) in [6, 6.07) is 21.2. The minimum Gasteiger partial charge on any atom is -0.482 e. The number of aliphatic hydroxyl groups is 1. The quantitative estimate of drug-likeness (QED) is 0.291. The number of aliphatic hydroxyl groups excluding tert-OH is 1. The van der Waals surface area contributed by atoms with Crippen molar-refractivity contribution in [1.29, 1.82) is 5.26 Å². The molecule has 3 fully saturated rings. The number of nitrogens with zero attached hydrogens (tertiary/aromatic N) is 2. The molecule has 3 aliphatic heterocycles. The third-order valence-corrected chi connectivity index (χ3v) is 11.0. The van der Waals surface area contributed by atoms with Gasteiger partial charge in [-0.3, -0.25) is 4.98 Å². The number of rotatable bonds is 4. The SMILES string of the molecule is Cc1ccccc1[C@H]1OC[C@]2(CO1)NC1(C)[C@H]3[C@@H](O)c4c(cc(-c5cccnc5)oc4=O)O[C@]3(C)[C@@H](OC(=O)c3ccc(C#N)cc3)C[C@H]12. The van der Waals surface area contributed by atoms with Crippen molar-refractivity contribution >= 4 is 5.97 Å². The first-order valence-electron chi connectivity index (χ1n) is 16.3. The van der Waals surface area contributed by atoms with E-state index >= 15 is 0 Å². The fourth-order valence-corrected chi connectivity index (χ4v) is 8.76. The van der Waals surface area contributed by atoms with Crippen molar-refractivity contribution in [2.45, 2.75) is 62.4 Å². The number of hydrogen-bond acceptors (Lipinski definition) is 11. The smallest absolute Gasteiger partial charge is 0.345 e. The highest BCUT2D eigenvalue weighted by molar-refractivity contribution is 5.89. The van der Waals surface area contributed by atoms with Crippen LogP contribution in [-0.4, -0.2) is 52.1 Å². The number of carbonyl (C=O) groups excluding carboxylic acids is 1. The molecule has 2 aromatic carbocycles. The first kappa shape index (κ1) is 31.4. The van der Waals surface area contributed by atoms with Gasteiger partial charge in [-0.05, 0) is 69.2 Å². The van der Waals surface area contributed by atoms with Crippen molar-refractivity contribution in [2.24, 2.45) is 11.8 Å². The Morgan fingerprint density at radius 3 is 2.53 bits per heavy atom. The third-order valence-electron chi connectivity index (χ3n) is 11.0. The highest BCUT2D eigenvalue weighted by atomic mass is 16.7. The zero-order valence-electron chi connectivity index (χ0n) is 27.2. The summed E-state index contributed by atoms with van der Waals surface area (Å²) < 4.78 is 31.4. The number of aromatic nitrogens is 1. The minimum absolute atomic E-state index is 0.00710. The van der Waals surface area contributed by atoms with Gasteiger partial charge in [-0.15, -0.1) is 0 Å². The molecule has 11 nitrogen and oxygen atoms in total. The average molecular weight is 662 g/mol. The zero-order valence-corrected chi connectivity index (χ0v) is 27.2. The summed E-state index contributed by atoms with van der Waals surface area (Å²) in [6.07, 6.45) is 0.822. The normalized spacial score (nSPS) is 32.8. The molecule has 1 unspecified atom stereocenters. The molecule has 2 N–H and O–H groups in total. The van der Waals surface area contributed by atoms with Crippen LogP contribution < -0.4 is 15.7 Å². The van der Waals surface area contributed by atoms with E-state index in [4.69, 9.17) is 23.4 Å². The lowest BCUT2D eigenvalue weighted by Crippen LogP contribution is -2.90. The summed E-state index contributed by atoms with van der Waals surface area (Å²) in [6.45, 7) is 6.46. The summed E-state index contributed by atoms with van der Waals surface area (Å²) in [5, 5.41) is 25.1. The van der Waals surface area contributed by atoms with Crippen LogP contribution in [0, 0.1) is 30.1 Å². The summed E-state index contributed by atoms with van der Waals surface area (Å²) in [7, 11) is 0. The van der Waals surface area contributed by atoms with Gasteiger partial charge >= 0.3 is 11.6 Å². The fourth-order valence-electron chi connectivity index (χ4n) is 8.76. The average Bonchev–Trinajstić information content (AvgIpc) is 3.10. The second kappa shape index (κ2) is 11.4. The number of nitriles is 1. The van der Waals surface area contributed by atoms with Crippen LogP contribution in [0.3, 0.4) is 0 Å². The minimum atomic E-state index is -1.33. The van der Waals surface area contributed by atoms with Gasteiger partial charge in [-0.1, -0.05) is 24.3 Å². The van der Waals surface area contributed by atoms with Gasteiger partial charge in [0.2, 0.25) is 0 Å². The van der Waals surface area contributed by atoms with E-state index in [0.29, 0.717) is 30.8 Å². The number of fused-ring (bicyclic) bond motifs is 5. The summed E-state index contributed by atoms with van der Waals surface area (Å²) in [5.41, 5.74) is -0.154. The molecule has 4 aromatic rings. The molecule has 0 bridgehead atoms. The molecule has 11 heteroatoms. The van der Waals surface area contributed by atoms with Crippen LogP contribution in [0.2, 0.25) is 0 Å². The Kier molecular flexibility index (Phi) is 7.28. The van der Waals surface area contributed by atoms with Crippen LogP contribution in [0.1, 0.15) is 65.3 Å². The van der Waals surface area contributed by atoms with Crippen molar-refractivity contribution < 1.29 is 33.3 Å². The van der Waals surface area contributed by atoms with E-state index in [1.54, 1.807) is 54.9 Å². The number of nitrogens with one attached hydrogen (secondary N) is 1. The highest BCUT2D eigenvalue weighted by Gasteiger charge is 2.75. The number of benzene rings is 2. The Morgan fingerprint density at radius 1 is 1.08 bits per heavy atom. The van der Waals surface area contributed by atoms with Crippen molar-refractivity contribution in [2.75, 3.05) is 13.2 Å². The Morgan fingerprint density at radius 2 is 1.84 bits per heavy atom. The summed E-state index contributed by atoms with van der Waals surface area (Å²) >= 11 is 0. The van der Waals surface area contributed by atoms with Gasteiger partial charge in [0, 0.05) is 41.0 Å². The highest BCUT2D eigenvalue weighted by Crippen LogP contribution is 2.63. The maximum absolute atomic E-state index is 13.7. The summed E-state index contributed by atoms with van der Waals surface area (Å²) in [5.74, 6) is -1.17. The second-order valence-electron chi connectivity index (χ2n) is 13.9. The number of pyridine rings is 1. The molecular formula is C38H35N3O8. The molecule has 6 atom stereocenters. The molecule has 1 aliphatic carbocycles. The molecule has 2 saturated heterocycles. The van der Waals surface area contributed by atoms with Gasteiger partial charge in [0.15, 0.2) is 11.9 Å². The first-order chi connectivity index (χ1) is 23.6. The van der Waals surface area contributed by atoms with Crippen LogP contribution in [0.5, 0.6) is 5.75 Å². The van der Waals surface area contributed by atoms with Crippen LogP contribution in [-0.2, 0) is 14.2 Å². The standard InChI is InChI=1S/C38H35N3O8/c1-21-7-4-5-9-25(21)35-45-19-38(20-46-35)28-16-29(48-33(43)23-12-10-22(17-39)11-13-23)37(3)32(36(28,2)41-38)31(42)30-27(49-37)15-26(47-34(30)44)24-8-6-14-40-18-24/h4-15,18,28-29,31-32,35,41-42H,16,19-20H2,1-3H3/t28-,29+,31+,32-,35-,36?,37-,38+/m1/s1. The van der Waals surface area contributed by atoms with Crippen LogP contribution >= 0.6 is 0 Å². The Bertz CT molecular complexity index is 2030. The molecule has 250 valence electrons. The Hall–Kier alpha value is -4.86. The maximum atomic E-state index is 13.7. The van der Waals surface area contributed by atoms with Crippen molar-refractivity contribution in [3.05, 3.63) is 117 Å². The van der Waals surface area contributed by atoms with Gasteiger partial charge in [-0.25, -0.2) is 9.59 Å². The lowest BCUT2D eigenvalue weighted by molar-refractivity contribution is -0.305. The lowest BCUT2D eigenvalue weighted by Gasteiger charge is -2.72. The molecule has 49 heavy (non-hydrogen) atoms. The molecule has 1 spiro atoms.